The number of anilines is 1. The topological polar surface area (TPSA) is 38.5 Å². The second-order valence-electron chi connectivity index (χ2n) is 4.24. The van der Waals surface area contributed by atoms with Gasteiger partial charge in [0.1, 0.15) is 4.99 Å². The number of hydrogen-bond donors (Lipinski definition) is 1. The van der Waals surface area contributed by atoms with Gasteiger partial charge in [-0.05, 0) is 35.0 Å². The summed E-state index contributed by atoms with van der Waals surface area (Å²) in [7, 11) is 0. The quantitative estimate of drug-likeness (QED) is 0.844. The Balaban J connectivity index is 2.40. The molecule has 1 unspecified atom stereocenters. The zero-order valence-corrected chi connectivity index (χ0v) is 12.4. The van der Waals surface area contributed by atoms with Gasteiger partial charge in [-0.15, -0.1) is 0 Å². The van der Waals surface area contributed by atoms with E-state index >= 15 is 0 Å². The highest BCUT2D eigenvalue weighted by Crippen LogP contribution is 2.31. The first kappa shape index (κ1) is 13.7. The smallest absolute Gasteiger partial charge is 0.161 e. The van der Waals surface area contributed by atoms with E-state index < -0.39 is 0 Å². The summed E-state index contributed by atoms with van der Waals surface area (Å²) >= 11 is 8.10. The molecule has 1 atom stereocenters. The second kappa shape index (κ2) is 5.50. The maximum Gasteiger partial charge on any atom is 0.161 e. The van der Waals surface area contributed by atoms with E-state index in [1.165, 1.54) is 0 Å². The van der Waals surface area contributed by atoms with Crippen molar-refractivity contribution in [3.8, 4) is 0 Å². The molecule has 0 amide bonds. The Morgan fingerprint density at radius 1 is 1.61 bits per heavy atom. The Labute approximate surface area is 119 Å². The van der Waals surface area contributed by atoms with Gasteiger partial charge in [-0.2, -0.15) is 0 Å². The number of rotatable bonds is 2. The first-order valence-electron chi connectivity index (χ1n) is 5.64. The Bertz CT molecular complexity index is 483. The SMILES string of the molecule is CC1COCCN1c1ccc(C(N)=S)c(Br)c1F. The lowest BCUT2D eigenvalue weighted by Crippen LogP contribution is -2.44. The van der Waals surface area contributed by atoms with Crippen LogP contribution in [0.5, 0.6) is 0 Å². The molecule has 1 aliphatic rings. The van der Waals surface area contributed by atoms with Gasteiger partial charge in [0.05, 0.1) is 23.4 Å². The summed E-state index contributed by atoms with van der Waals surface area (Å²) in [4.78, 5) is 2.18. The van der Waals surface area contributed by atoms with E-state index in [1.807, 2.05) is 11.8 Å². The lowest BCUT2D eigenvalue weighted by Gasteiger charge is -2.35. The van der Waals surface area contributed by atoms with E-state index in [0.29, 0.717) is 35.5 Å². The number of nitrogens with two attached hydrogens (primary N) is 1. The Morgan fingerprint density at radius 3 is 2.94 bits per heavy atom. The minimum atomic E-state index is -0.325. The molecule has 0 aliphatic carbocycles. The Morgan fingerprint density at radius 2 is 2.33 bits per heavy atom. The molecule has 0 spiro atoms. The summed E-state index contributed by atoms with van der Waals surface area (Å²) in [5.74, 6) is -0.325. The van der Waals surface area contributed by atoms with Crippen LogP contribution in [0.4, 0.5) is 10.1 Å². The van der Waals surface area contributed by atoms with Gasteiger partial charge in [0, 0.05) is 18.2 Å². The number of benzene rings is 1. The molecular formula is C12H14BrFN2OS. The van der Waals surface area contributed by atoms with Crippen molar-refractivity contribution >= 4 is 38.8 Å². The number of nitrogens with zero attached hydrogens (tertiary/aromatic N) is 1. The van der Waals surface area contributed by atoms with Crippen LogP contribution >= 0.6 is 28.1 Å². The molecule has 98 valence electrons. The van der Waals surface area contributed by atoms with E-state index in [2.05, 4.69) is 15.9 Å². The predicted octanol–water partition coefficient (Wildman–Crippen LogP) is 2.45. The van der Waals surface area contributed by atoms with Crippen molar-refractivity contribution in [2.75, 3.05) is 24.7 Å². The fraction of sp³-hybridized carbons (Fsp3) is 0.417. The number of hydrogen-bond acceptors (Lipinski definition) is 3. The Hall–Kier alpha value is -0.720. The fourth-order valence-corrected chi connectivity index (χ4v) is 2.89. The lowest BCUT2D eigenvalue weighted by molar-refractivity contribution is 0.0986. The monoisotopic (exact) mass is 332 g/mol. The molecule has 1 aromatic carbocycles. The van der Waals surface area contributed by atoms with Crippen LogP contribution in [0.3, 0.4) is 0 Å². The van der Waals surface area contributed by atoms with E-state index in [1.54, 1.807) is 12.1 Å². The molecule has 1 saturated heterocycles. The molecule has 1 fully saturated rings. The molecular weight excluding hydrogens is 319 g/mol. The summed E-state index contributed by atoms with van der Waals surface area (Å²) in [5, 5.41) is 0. The second-order valence-corrected chi connectivity index (χ2v) is 5.47. The van der Waals surface area contributed by atoms with Crippen molar-refractivity contribution in [2.24, 2.45) is 5.73 Å². The normalized spacial score (nSPS) is 19.9. The molecule has 0 saturated carbocycles. The number of ether oxygens (including phenoxy) is 1. The molecule has 0 radical (unpaired) electrons. The van der Waals surface area contributed by atoms with Crippen LogP contribution < -0.4 is 10.6 Å². The largest absolute Gasteiger partial charge is 0.389 e. The van der Waals surface area contributed by atoms with Gasteiger partial charge in [0.15, 0.2) is 5.82 Å². The van der Waals surface area contributed by atoms with Crippen LogP contribution in [0.15, 0.2) is 16.6 Å². The predicted molar refractivity (Wildman–Crippen MR) is 77.6 cm³/mol. The minimum absolute atomic E-state index is 0.149. The van der Waals surface area contributed by atoms with Crippen LogP contribution in [0, 0.1) is 5.82 Å². The lowest BCUT2D eigenvalue weighted by atomic mass is 10.1. The van der Waals surface area contributed by atoms with Crippen molar-refractivity contribution in [2.45, 2.75) is 13.0 Å². The van der Waals surface area contributed by atoms with E-state index in [4.69, 9.17) is 22.7 Å². The maximum absolute atomic E-state index is 14.3. The molecule has 2 N–H and O–H groups in total. The summed E-state index contributed by atoms with van der Waals surface area (Å²) in [5.41, 5.74) is 6.61. The molecule has 0 bridgehead atoms. The summed E-state index contributed by atoms with van der Waals surface area (Å²) in [6.45, 7) is 3.90. The third kappa shape index (κ3) is 2.50. The molecule has 6 heteroatoms. The fourth-order valence-electron chi connectivity index (χ4n) is 2.04. The van der Waals surface area contributed by atoms with Gasteiger partial charge in [-0.25, -0.2) is 4.39 Å². The number of morpholine rings is 1. The molecule has 18 heavy (non-hydrogen) atoms. The zero-order chi connectivity index (χ0) is 13.3. The first-order valence-corrected chi connectivity index (χ1v) is 6.84. The van der Waals surface area contributed by atoms with Crippen LogP contribution in [-0.4, -0.2) is 30.8 Å². The molecule has 1 aliphatic heterocycles. The van der Waals surface area contributed by atoms with E-state index in [0.717, 1.165) is 0 Å². The molecule has 2 rings (SSSR count). The summed E-state index contributed by atoms with van der Waals surface area (Å²) < 4.78 is 20.0. The third-order valence-corrected chi connectivity index (χ3v) is 4.00. The van der Waals surface area contributed by atoms with Gasteiger partial charge < -0.3 is 15.4 Å². The van der Waals surface area contributed by atoms with Crippen LogP contribution in [-0.2, 0) is 4.74 Å². The zero-order valence-electron chi connectivity index (χ0n) is 9.95. The van der Waals surface area contributed by atoms with Crippen molar-refractivity contribution in [1.82, 2.24) is 0 Å². The van der Waals surface area contributed by atoms with Crippen molar-refractivity contribution in [3.63, 3.8) is 0 Å². The highest BCUT2D eigenvalue weighted by atomic mass is 79.9. The van der Waals surface area contributed by atoms with E-state index in [-0.39, 0.29) is 16.8 Å². The summed E-state index contributed by atoms with van der Waals surface area (Å²) in [6, 6.07) is 3.61. The average Bonchev–Trinajstić information content (AvgIpc) is 2.33. The van der Waals surface area contributed by atoms with Crippen LogP contribution in [0.1, 0.15) is 12.5 Å². The van der Waals surface area contributed by atoms with Gasteiger partial charge in [0.2, 0.25) is 0 Å². The van der Waals surface area contributed by atoms with Gasteiger partial charge in [-0.3, -0.25) is 0 Å². The number of halogens is 2. The maximum atomic E-state index is 14.3. The molecule has 0 aromatic heterocycles. The third-order valence-electron chi connectivity index (χ3n) is 3.00. The minimum Gasteiger partial charge on any atom is -0.389 e. The van der Waals surface area contributed by atoms with Crippen molar-refractivity contribution in [1.29, 1.82) is 0 Å². The molecule has 1 heterocycles. The highest BCUT2D eigenvalue weighted by molar-refractivity contribution is 9.10. The first-order chi connectivity index (χ1) is 8.52. The van der Waals surface area contributed by atoms with Gasteiger partial charge >= 0.3 is 0 Å². The van der Waals surface area contributed by atoms with Crippen LogP contribution in [0.2, 0.25) is 0 Å². The number of thiocarbonyl (C=S) groups is 1. The van der Waals surface area contributed by atoms with E-state index in [9.17, 15) is 4.39 Å². The average molecular weight is 333 g/mol. The molecule has 3 nitrogen and oxygen atoms in total. The van der Waals surface area contributed by atoms with Crippen molar-refractivity contribution < 1.29 is 9.13 Å². The van der Waals surface area contributed by atoms with Crippen molar-refractivity contribution in [3.05, 3.63) is 28.0 Å². The van der Waals surface area contributed by atoms with Gasteiger partial charge in [0.25, 0.3) is 0 Å². The van der Waals surface area contributed by atoms with Gasteiger partial charge in [-0.1, -0.05) is 12.2 Å². The summed E-state index contributed by atoms with van der Waals surface area (Å²) in [6.07, 6.45) is 0. The van der Waals surface area contributed by atoms with Crippen LogP contribution in [0.25, 0.3) is 0 Å². The highest BCUT2D eigenvalue weighted by Gasteiger charge is 2.23. The Kier molecular flexibility index (Phi) is 4.19. The standard InChI is InChI=1S/C12H14BrFN2OS/c1-7-6-17-5-4-16(7)9-3-2-8(12(15)18)10(13)11(9)14/h2-3,7H,4-6H2,1H3,(H2,15,18). The molecule has 1 aromatic rings.